The Labute approximate surface area is 78.6 Å². The van der Waals surface area contributed by atoms with Gasteiger partial charge in [0.2, 0.25) is 0 Å². The van der Waals surface area contributed by atoms with Crippen LogP contribution in [0.1, 0.15) is 26.2 Å². The maximum absolute atomic E-state index is 11.5. The SMILES string of the molecule is CCC1C2CC3C1OS(=O)(=O)C3C2. The zero-order chi connectivity index (χ0) is 9.22. The van der Waals surface area contributed by atoms with Crippen molar-refractivity contribution in [3.8, 4) is 0 Å². The summed E-state index contributed by atoms with van der Waals surface area (Å²) in [6.45, 7) is 2.13. The van der Waals surface area contributed by atoms with Crippen molar-refractivity contribution < 1.29 is 12.6 Å². The zero-order valence-electron chi connectivity index (χ0n) is 7.64. The van der Waals surface area contributed by atoms with E-state index in [0.29, 0.717) is 17.8 Å². The van der Waals surface area contributed by atoms with Crippen LogP contribution in [-0.4, -0.2) is 19.8 Å². The fourth-order valence-corrected chi connectivity index (χ4v) is 5.53. The summed E-state index contributed by atoms with van der Waals surface area (Å²) in [5, 5.41) is -0.148. The van der Waals surface area contributed by atoms with Crippen LogP contribution in [0.5, 0.6) is 0 Å². The summed E-state index contributed by atoms with van der Waals surface area (Å²) in [5.74, 6) is 1.47. The molecule has 74 valence electrons. The van der Waals surface area contributed by atoms with Crippen LogP contribution in [0.4, 0.5) is 0 Å². The summed E-state index contributed by atoms with van der Waals surface area (Å²) in [7, 11) is -3.17. The minimum absolute atomic E-state index is 0.0405. The molecule has 0 aromatic carbocycles. The first kappa shape index (κ1) is 8.24. The molecular weight excluding hydrogens is 188 g/mol. The van der Waals surface area contributed by atoms with Crippen molar-refractivity contribution >= 4 is 10.1 Å². The van der Waals surface area contributed by atoms with Crippen LogP contribution in [0.15, 0.2) is 0 Å². The van der Waals surface area contributed by atoms with E-state index in [-0.39, 0.29) is 11.4 Å². The third-order valence-electron chi connectivity index (χ3n) is 4.12. The monoisotopic (exact) mass is 202 g/mol. The van der Waals surface area contributed by atoms with Gasteiger partial charge in [-0.05, 0) is 24.7 Å². The fourth-order valence-electron chi connectivity index (χ4n) is 3.62. The molecule has 1 saturated heterocycles. The van der Waals surface area contributed by atoms with Gasteiger partial charge in [0.15, 0.2) is 0 Å². The topological polar surface area (TPSA) is 43.4 Å². The van der Waals surface area contributed by atoms with E-state index in [1.54, 1.807) is 0 Å². The van der Waals surface area contributed by atoms with Gasteiger partial charge in [-0.3, -0.25) is 4.18 Å². The minimum Gasteiger partial charge on any atom is -0.266 e. The van der Waals surface area contributed by atoms with E-state index in [9.17, 15) is 8.42 Å². The van der Waals surface area contributed by atoms with Gasteiger partial charge in [0.05, 0.1) is 11.4 Å². The van der Waals surface area contributed by atoms with Crippen LogP contribution in [0.2, 0.25) is 0 Å². The summed E-state index contributed by atoms with van der Waals surface area (Å²) < 4.78 is 28.2. The fraction of sp³-hybridized carbons (Fsp3) is 1.00. The average Bonchev–Trinajstić information content (AvgIpc) is 2.62. The van der Waals surface area contributed by atoms with E-state index in [4.69, 9.17) is 4.18 Å². The van der Waals surface area contributed by atoms with Crippen LogP contribution >= 0.6 is 0 Å². The van der Waals surface area contributed by atoms with Gasteiger partial charge >= 0.3 is 0 Å². The van der Waals surface area contributed by atoms with Crippen LogP contribution < -0.4 is 0 Å². The van der Waals surface area contributed by atoms with Crippen LogP contribution in [-0.2, 0) is 14.3 Å². The Balaban J connectivity index is 2.03. The molecular formula is C9H14O3S. The third kappa shape index (κ3) is 0.859. The lowest BCUT2D eigenvalue weighted by Gasteiger charge is -2.22. The van der Waals surface area contributed by atoms with Crippen molar-refractivity contribution in [3.63, 3.8) is 0 Å². The Kier molecular flexibility index (Phi) is 1.45. The maximum Gasteiger partial charge on any atom is 0.270 e. The second-order valence-electron chi connectivity index (χ2n) is 4.56. The summed E-state index contributed by atoms with van der Waals surface area (Å²) in [6, 6.07) is 0. The molecule has 0 aromatic rings. The summed E-state index contributed by atoms with van der Waals surface area (Å²) in [4.78, 5) is 0. The molecule has 4 heteroatoms. The van der Waals surface area contributed by atoms with E-state index in [1.165, 1.54) is 0 Å². The van der Waals surface area contributed by atoms with E-state index >= 15 is 0 Å². The molecule has 3 fully saturated rings. The molecule has 2 aliphatic carbocycles. The molecule has 0 spiro atoms. The third-order valence-corrected chi connectivity index (χ3v) is 5.90. The molecule has 5 unspecified atom stereocenters. The summed E-state index contributed by atoms with van der Waals surface area (Å²) >= 11 is 0. The van der Waals surface area contributed by atoms with Crippen LogP contribution in [0.3, 0.4) is 0 Å². The second-order valence-corrected chi connectivity index (χ2v) is 6.34. The molecule has 0 amide bonds. The normalized spacial score (nSPS) is 55.9. The average molecular weight is 202 g/mol. The molecule has 13 heavy (non-hydrogen) atoms. The standard InChI is InChI=1S/C9H14O3S/c1-2-6-5-3-7-8(4-5)13(10,11)12-9(6)7/h5-9H,2-4H2,1H3. The Morgan fingerprint density at radius 3 is 2.85 bits per heavy atom. The molecule has 3 aliphatic rings. The molecule has 5 atom stereocenters. The number of hydrogen-bond donors (Lipinski definition) is 0. The van der Waals surface area contributed by atoms with Gasteiger partial charge in [0, 0.05) is 5.92 Å². The second kappa shape index (κ2) is 2.28. The molecule has 0 aromatic heterocycles. The van der Waals surface area contributed by atoms with Crippen molar-refractivity contribution in [2.45, 2.75) is 37.5 Å². The van der Waals surface area contributed by atoms with E-state index in [1.807, 2.05) is 0 Å². The first-order valence-electron chi connectivity index (χ1n) is 5.05. The van der Waals surface area contributed by atoms with Crippen molar-refractivity contribution in [1.29, 1.82) is 0 Å². The first-order valence-corrected chi connectivity index (χ1v) is 6.52. The Morgan fingerprint density at radius 1 is 1.38 bits per heavy atom. The van der Waals surface area contributed by atoms with Crippen molar-refractivity contribution in [3.05, 3.63) is 0 Å². The predicted molar refractivity (Wildman–Crippen MR) is 47.6 cm³/mol. The molecule has 1 heterocycles. The van der Waals surface area contributed by atoms with Gasteiger partial charge in [0.1, 0.15) is 0 Å². The molecule has 3 nitrogen and oxygen atoms in total. The summed E-state index contributed by atoms with van der Waals surface area (Å²) in [5.41, 5.74) is 0. The summed E-state index contributed by atoms with van der Waals surface area (Å²) in [6.07, 6.45) is 3.06. The predicted octanol–water partition coefficient (Wildman–Crippen LogP) is 1.15. The zero-order valence-corrected chi connectivity index (χ0v) is 8.46. The minimum atomic E-state index is -3.17. The Hall–Kier alpha value is -0.0900. The molecule has 2 saturated carbocycles. The molecule has 0 N–H and O–H groups in total. The molecule has 2 bridgehead atoms. The quantitative estimate of drug-likeness (QED) is 0.599. The van der Waals surface area contributed by atoms with E-state index in [2.05, 4.69) is 6.92 Å². The lowest BCUT2D eigenvalue weighted by atomic mass is 9.84. The highest BCUT2D eigenvalue weighted by molar-refractivity contribution is 7.87. The largest absolute Gasteiger partial charge is 0.270 e. The van der Waals surface area contributed by atoms with Gasteiger partial charge in [-0.2, -0.15) is 8.42 Å². The van der Waals surface area contributed by atoms with Crippen molar-refractivity contribution in [2.24, 2.45) is 17.8 Å². The van der Waals surface area contributed by atoms with Crippen molar-refractivity contribution in [2.75, 3.05) is 0 Å². The highest BCUT2D eigenvalue weighted by Crippen LogP contribution is 2.57. The number of rotatable bonds is 1. The lowest BCUT2D eigenvalue weighted by Crippen LogP contribution is -2.28. The highest BCUT2D eigenvalue weighted by atomic mass is 32.2. The molecule has 3 rings (SSSR count). The first-order chi connectivity index (χ1) is 6.13. The van der Waals surface area contributed by atoms with E-state index < -0.39 is 10.1 Å². The van der Waals surface area contributed by atoms with Gasteiger partial charge in [-0.1, -0.05) is 13.3 Å². The Morgan fingerprint density at radius 2 is 2.15 bits per heavy atom. The molecule has 1 aliphatic heterocycles. The van der Waals surface area contributed by atoms with Crippen LogP contribution in [0.25, 0.3) is 0 Å². The van der Waals surface area contributed by atoms with Crippen molar-refractivity contribution in [1.82, 2.24) is 0 Å². The lowest BCUT2D eigenvalue weighted by molar-refractivity contribution is 0.127. The van der Waals surface area contributed by atoms with Gasteiger partial charge in [-0.25, -0.2) is 0 Å². The van der Waals surface area contributed by atoms with Gasteiger partial charge in [0.25, 0.3) is 10.1 Å². The highest BCUT2D eigenvalue weighted by Gasteiger charge is 2.63. The maximum atomic E-state index is 11.5. The molecule has 0 radical (unpaired) electrons. The smallest absolute Gasteiger partial charge is 0.266 e. The Bertz CT molecular complexity index is 335. The van der Waals surface area contributed by atoms with Gasteiger partial charge in [-0.15, -0.1) is 0 Å². The number of fused-ring (bicyclic) bond motifs is 1. The van der Waals surface area contributed by atoms with Crippen LogP contribution in [0, 0.1) is 17.8 Å². The van der Waals surface area contributed by atoms with E-state index in [0.717, 1.165) is 19.3 Å². The van der Waals surface area contributed by atoms with Gasteiger partial charge < -0.3 is 0 Å². The number of hydrogen-bond acceptors (Lipinski definition) is 3.